The number of amides is 1. The summed E-state index contributed by atoms with van der Waals surface area (Å²) in [7, 11) is -3.94. The van der Waals surface area contributed by atoms with Crippen molar-refractivity contribution in [3.05, 3.63) is 126 Å². The van der Waals surface area contributed by atoms with Crippen LogP contribution in [-0.2, 0) is 16.4 Å². The van der Waals surface area contributed by atoms with Crippen molar-refractivity contribution >= 4 is 38.3 Å². The van der Waals surface area contributed by atoms with E-state index in [1.165, 1.54) is 4.31 Å². The van der Waals surface area contributed by atoms with E-state index in [2.05, 4.69) is 4.90 Å². The molecule has 5 aromatic rings. The molecule has 0 spiro atoms. The van der Waals surface area contributed by atoms with Crippen LogP contribution in [0.1, 0.15) is 27.0 Å². The second-order valence-corrected chi connectivity index (χ2v) is 12.9. The molecule has 0 saturated carbocycles. The fourth-order valence-electron chi connectivity index (χ4n) is 5.72. The Kier molecular flexibility index (Phi) is 7.95. The molecule has 1 saturated heterocycles. The minimum atomic E-state index is -3.94. The van der Waals surface area contributed by atoms with Gasteiger partial charge in [-0.3, -0.25) is 9.10 Å². The van der Waals surface area contributed by atoms with Gasteiger partial charge in [0.15, 0.2) is 0 Å². The average Bonchev–Trinajstić information content (AvgIpc) is 3.41. The monoisotopic (exact) mass is 593 g/mol. The Morgan fingerprint density at radius 2 is 1.58 bits per heavy atom. The van der Waals surface area contributed by atoms with E-state index in [1.807, 2.05) is 97.6 Å². The van der Waals surface area contributed by atoms with Crippen LogP contribution in [0.4, 0.5) is 11.4 Å². The first-order chi connectivity index (χ1) is 20.8. The minimum absolute atomic E-state index is 0.0219. The third-order valence-electron chi connectivity index (χ3n) is 8.10. The highest BCUT2D eigenvalue weighted by molar-refractivity contribution is 7.92. The van der Waals surface area contributed by atoms with Gasteiger partial charge in [-0.1, -0.05) is 60.2 Å². The molecular weight excluding hydrogens is 558 g/mol. The number of sulfonamides is 1. The molecule has 0 radical (unpaired) electrons. The van der Waals surface area contributed by atoms with Gasteiger partial charge in [0.25, 0.3) is 15.9 Å². The lowest BCUT2D eigenvalue weighted by Crippen LogP contribution is -2.49. The minimum Gasteiger partial charge on any atom is -0.464 e. The van der Waals surface area contributed by atoms with E-state index in [0.717, 1.165) is 27.8 Å². The molecule has 220 valence electrons. The molecule has 1 amide bonds. The number of hydrogen-bond donors (Lipinski definition) is 0. The van der Waals surface area contributed by atoms with Gasteiger partial charge in [-0.05, 0) is 73.9 Å². The molecule has 0 atom stereocenters. The number of para-hydroxylation sites is 2. The summed E-state index contributed by atoms with van der Waals surface area (Å²) in [4.78, 5) is 17.5. The SMILES string of the molecule is Cc1cccc(C(=O)N2CCN(c3ccccc3N(CCc3ccccc3)S(=O)(=O)c3ccc4occ(C)c4c3)CC2)c1. The van der Waals surface area contributed by atoms with Gasteiger partial charge in [-0.15, -0.1) is 0 Å². The highest BCUT2D eigenvalue weighted by Crippen LogP contribution is 2.35. The number of carbonyl (C=O) groups is 1. The molecular formula is C35H35N3O4S. The molecule has 1 fully saturated rings. The van der Waals surface area contributed by atoms with Crippen molar-refractivity contribution in [3.63, 3.8) is 0 Å². The van der Waals surface area contributed by atoms with E-state index in [1.54, 1.807) is 24.5 Å². The van der Waals surface area contributed by atoms with Crippen LogP contribution in [0.15, 0.2) is 113 Å². The van der Waals surface area contributed by atoms with Gasteiger partial charge in [-0.2, -0.15) is 0 Å². The van der Waals surface area contributed by atoms with Crippen LogP contribution in [-0.4, -0.2) is 51.9 Å². The van der Waals surface area contributed by atoms with Gasteiger partial charge in [0.2, 0.25) is 0 Å². The average molecular weight is 594 g/mol. The summed E-state index contributed by atoms with van der Waals surface area (Å²) < 4.78 is 36.0. The molecule has 7 nitrogen and oxygen atoms in total. The molecule has 1 aromatic heterocycles. The van der Waals surface area contributed by atoms with Gasteiger partial charge in [0.1, 0.15) is 5.58 Å². The van der Waals surface area contributed by atoms with Crippen LogP contribution in [0.25, 0.3) is 11.0 Å². The highest BCUT2D eigenvalue weighted by atomic mass is 32.2. The third kappa shape index (κ3) is 5.88. The van der Waals surface area contributed by atoms with E-state index < -0.39 is 10.0 Å². The molecule has 6 rings (SSSR count). The summed E-state index contributed by atoms with van der Waals surface area (Å²) in [6.07, 6.45) is 2.20. The van der Waals surface area contributed by atoms with Crippen LogP contribution >= 0.6 is 0 Å². The normalized spacial score (nSPS) is 13.8. The van der Waals surface area contributed by atoms with Crippen LogP contribution < -0.4 is 9.21 Å². The zero-order valence-electron chi connectivity index (χ0n) is 24.4. The van der Waals surface area contributed by atoms with Crippen molar-refractivity contribution in [1.82, 2.24) is 4.90 Å². The molecule has 8 heteroatoms. The van der Waals surface area contributed by atoms with Gasteiger partial charge in [0, 0.05) is 43.7 Å². The van der Waals surface area contributed by atoms with Crippen LogP contribution in [0.5, 0.6) is 0 Å². The summed E-state index contributed by atoms with van der Waals surface area (Å²) >= 11 is 0. The third-order valence-corrected chi connectivity index (χ3v) is 9.91. The number of fused-ring (bicyclic) bond motifs is 1. The molecule has 0 bridgehead atoms. The lowest BCUT2D eigenvalue weighted by atomic mass is 10.1. The Bertz CT molecular complexity index is 1860. The van der Waals surface area contributed by atoms with Crippen molar-refractivity contribution in [3.8, 4) is 0 Å². The molecule has 2 heterocycles. The summed E-state index contributed by atoms with van der Waals surface area (Å²) in [5.74, 6) is 0.0219. The summed E-state index contributed by atoms with van der Waals surface area (Å²) in [6.45, 7) is 6.47. The number of rotatable bonds is 8. The lowest BCUT2D eigenvalue weighted by Gasteiger charge is -2.38. The second kappa shape index (κ2) is 12.0. The molecule has 0 unspecified atom stereocenters. The molecule has 0 N–H and O–H groups in total. The largest absolute Gasteiger partial charge is 0.464 e. The van der Waals surface area contributed by atoms with Crippen molar-refractivity contribution in [2.24, 2.45) is 0 Å². The topological polar surface area (TPSA) is 74.1 Å². The first kappa shape index (κ1) is 28.6. The fraction of sp³-hybridized carbons (Fsp3) is 0.229. The van der Waals surface area contributed by atoms with Gasteiger partial charge in [-0.25, -0.2) is 8.42 Å². The van der Waals surface area contributed by atoms with Crippen LogP contribution in [0.2, 0.25) is 0 Å². The molecule has 43 heavy (non-hydrogen) atoms. The highest BCUT2D eigenvalue weighted by Gasteiger charge is 2.30. The summed E-state index contributed by atoms with van der Waals surface area (Å²) in [5.41, 5.74) is 5.81. The Morgan fingerprint density at radius 1 is 0.837 bits per heavy atom. The number of hydrogen-bond acceptors (Lipinski definition) is 5. The summed E-state index contributed by atoms with van der Waals surface area (Å²) in [5, 5.41) is 0.784. The number of benzene rings is 4. The first-order valence-electron chi connectivity index (χ1n) is 14.6. The standard InChI is InChI=1S/C35H35N3O4S/c1-26-9-8-12-29(23-26)35(39)37-21-19-36(20-22-37)32-13-6-7-14-33(32)38(18-17-28-10-4-3-5-11-28)43(40,41)30-15-16-34-31(24-30)27(2)25-42-34/h3-16,23-25H,17-22H2,1-2H3. The fourth-order valence-corrected chi connectivity index (χ4v) is 7.23. The van der Waals surface area contributed by atoms with Crippen molar-refractivity contribution in [1.29, 1.82) is 0 Å². The predicted octanol–water partition coefficient (Wildman–Crippen LogP) is 6.45. The first-order valence-corrected chi connectivity index (χ1v) is 16.0. The molecule has 1 aliphatic heterocycles. The van der Waals surface area contributed by atoms with E-state index in [-0.39, 0.29) is 17.3 Å². The van der Waals surface area contributed by atoms with Crippen molar-refractivity contribution in [2.45, 2.75) is 25.2 Å². The molecule has 0 aliphatic carbocycles. The molecule has 4 aromatic carbocycles. The van der Waals surface area contributed by atoms with Gasteiger partial charge in [0.05, 0.1) is 22.5 Å². The Hall–Kier alpha value is -4.56. The van der Waals surface area contributed by atoms with E-state index >= 15 is 0 Å². The maximum atomic E-state index is 14.4. The van der Waals surface area contributed by atoms with E-state index in [4.69, 9.17) is 4.42 Å². The Labute approximate surface area is 253 Å². The number of piperazine rings is 1. The number of furan rings is 1. The second-order valence-electron chi connectivity index (χ2n) is 11.0. The van der Waals surface area contributed by atoms with Gasteiger partial charge >= 0.3 is 0 Å². The van der Waals surface area contributed by atoms with Crippen LogP contribution in [0.3, 0.4) is 0 Å². The van der Waals surface area contributed by atoms with E-state index in [0.29, 0.717) is 49.4 Å². The molecule has 1 aliphatic rings. The number of aryl methyl sites for hydroxylation is 2. The van der Waals surface area contributed by atoms with Crippen molar-refractivity contribution in [2.75, 3.05) is 41.9 Å². The number of anilines is 2. The van der Waals surface area contributed by atoms with E-state index in [9.17, 15) is 13.2 Å². The zero-order valence-corrected chi connectivity index (χ0v) is 25.3. The quantitative estimate of drug-likeness (QED) is 0.207. The Balaban J connectivity index is 1.31. The van der Waals surface area contributed by atoms with Crippen molar-refractivity contribution < 1.29 is 17.6 Å². The number of carbonyl (C=O) groups excluding carboxylic acids is 1. The van der Waals surface area contributed by atoms with Crippen LogP contribution in [0, 0.1) is 13.8 Å². The zero-order chi connectivity index (χ0) is 30.0. The maximum absolute atomic E-state index is 14.4. The lowest BCUT2D eigenvalue weighted by molar-refractivity contribution is 0.0746. The Morgan fingerprint density at radius 3 is 2.35 bits per heavy atom. The van der Waals surface area contributed by atoms with Gasteiger partial charge < -0.3 is 14.2 Å². The smallest absolute Gasteiger partial charge is 0.264 e. The predicted molar refractivity (Wildman–Crippen MR) is 171 cm³/mol. The number of nitrogens with zero attached hydrogens (tertiary/aromatic N) is 3. The summed E-state index contributed by atoms with van der Waals surface area (Å²) in [6, 6.07) is 30.3. The maximum Gasteiger partial charge on any atom is 0.264 e.